The standard InChI is InChI=1S/C10H7N3.C10H8N2O2.C7H4FN.C3H4N2/c1-11-9-3-5-10(6-4-9)13-8-2-7-12-13;13-10(14)8-2-4-9(5-3-8)12-7-1-6-11-12;1-9-7-4-2-6(8)3-5-7;1-2-4-5-3-1/h2-8H;1-7H,(H,13,14);2-5H;1-3H,(H,4,5). The molecule has 0 saturated heterocycles. The smallest absolute Gasteiger partial charge is 0.335 e. The number of hydrogen-bond acceptors (Lipinski definition) is 4. The summed E-state index contributed by atoms with van der Waals surface area (Å²) in [5, 5.41) is 23.0. The van der Waals surface area contributed by atoms with Gasteiger partial charge in [-0.2, -0.15) is 15.3 Å². The quantitative estimate of drug-likeness (QED) is 0.238. The third-order valence-corrected chi connectivity index (χ3v) is 4.99. The summed E-state index contributed by atoms with van der Waals surface area (Å²) in [6.07, 6.45) is 10.5. The number of halogens is 1. The second kappa shape index (κ2) is 15.8. The highest BCUT2D eigenvalue weighted by molar-refractivity contribution is 5.87. The van der Waals surface area contributed by atoms with Gasteiger partial charge in [-0.15, -0.1) is 0 Å². The van der Waals surface area contributed by atoms with Crippen molar-refractivity contribution in [2.24, 2.45) is 0 Å². The van der Waals surface area contributed by atoms with E-state index in [2.05, 4.69) is 30.1 Å². The molecule has 3 heterocycles. The average Bonchev–Trinajstić information content (AvgIpc) is 3.84. The van der Waals surface area contributed by atoms with E-state index in [0.717, 1.165) is 11.4 Å². The fourth-order valence-corrected chi connectivity index (χ4v) is 3.01. The summed E-state index contributed by atoms with van der Waals surface area (Å²) in [6.45, 7) is 13.3. The first kappa shape index (κ1) is 29.2. The Morgan fingerprint density at radius 2 is 1.22 bits per heavy atom. The fraction of sp³-hybridized carbons (Fsp3) is 0. The summed E-state index contributed by atoms with van der Waals surface area (Å²) >= 11 is 0. The molecule has 0 atom stereocenters. The molecule has 0 radical (unpaired) electrons. The molecule has 2 N–H and O–H groups in total. The van der Waals surface area contributed by atoms with Crippen LogP contribution >= 0.6 is 0 Å². The van der Waals surface area contributed by atoms with Gasteiger partial charge in [0.15, 0.2) is 11.4 Å². The highest BCUT2D eigenvalue weighted by Gasteiger charge is 2.02. The molecular formula is C30H23FN8O2. The van der Waals surface area contributed by atoms with Crippen LogP contribution in [0.5, 0.6) is 0 Å². The van der Waals surface area contributed by atoms with Crippen LogP contribution in [0, 0.1) is 19.0 Å². The molecule has 3 aromatic heterocycles. The largest absolute Gasteiger partial charge is 0.478 e. The van der Waals surface area contributed by atoms with Crippen molar-refractivity contribution in [2.75, 3.05) is 0 Å². The highest BCUT2D eigenvalue weighted by atomic mass is 19.1. The Balaban J connectivity index is 0.000000159. The van der Waals surface area contributed by atoms with Gasteiger partial charge in [0.2, 0.25) is 0 Å². The molecule has 41 heavy (non-hydrogen) atoms. The van der Waals surface area contributed by atoms with Crippen LogP contribution in [0.25, 0.3) is 21.1 Å². The number of aromatic amines is 1. The first-order valence-corrected chi connectivity index (χ1v) is 11.9. The van der Waals surface area contributed by atoms with Gasteiger partial charge < -0.3 is 5.11 Å². The number of carboxylic acid groups (broad SMARTS) is 1. The van der Waals surface area contributed by atoms with Crippen LogP contribution in [0.2, 0.25) is 0 Å². The molecule has 0 unspecified atom stereocenters. The van der Waals surface area contributed by atoms with E-state index in [4.69, 9.17) is 18.3 Å². The Labute approximate surface area is 235 Å². The van der Waals surface area contributed by atoms with E-state index < -0.39 is 5.97 Å². The number of benzene rings is 3. The third kappa shape index (κ3) is 9.81. The zero-order valence-electron chi connectivity index (χ0n) is 21.5. The Kier molecular flexibility index (Phi) is 11.3. The number of nitrogens with zero attached hydrogens (tertiary/aromatic N) is 7. The first-order chi connectivity index (χ1) is 20.0. The van der Waals surface area contributed by atoms with Gasteiger partial charge in [-0.3, -0.25) is 5.10 Å². The number of hydrogen-bond donors (Lipinski definition) is 2. The zero-order valence-corrected chi connectivity index (χ0v) is 21.5. The van der Waals surface area contributed by atoms with Gasteiger partial charge in [0.25, 0.3) is 0 Å². The summed E-state index contributed by atoms with van der Waals surface area (Å²) in [5.74, 6) is -1.22. The monoisotopic (exact) mass is 546 g/mol. The number of carboxylic acids is 1. The normalized spacial score (nSPS) is 9.24. The van der Waals surface area contributed by atoms with Gasteiger partial charge in [0.1, 0.15) is 5.82 Å². The molecule has 0 aliphatic carbocycles. The van der Waals surface area contributed by atoms with Crippen LogP contribution in [0.3, 0.4) is 0 Å². The van der Waals surface area contributed by atoms with Crippen LogP contribution in [0.15, 0.2) is 128 Å². The van der Waals surface area contributed by atoms with E-state index in [9.17, 15) is 9.18 Å². The minimum absolute atomic E-state index is 0.279. The Morgan fingerprint density at radius 1 is 0.732 bits per heavy atom. The summed E-state index contributed by atoms with van der Waals surface area (Å²) < 4.78 is 15.6. The topological polar surface area (TPSA) is 110 Å². The first-order valence-electron chi connectivity index (χ1n) is 11.9. The number of aromatic carboxylic acids is 1. The van der Waals surface area contributed by atoms with Crippen LogP contribution in [-0.2, 0) is 0 Å². The zero-order chi connectivity index (χ0) is 29.3. The Bertz CT molecular complexity index is 1630. The minimum atomic E-state index is -0.919. The molecule has 0 aliphatic rings. The predicted octanol–water partition coefficient (Wildman–Crippen LogP) is 6.78. The molecule has 6 aromatic rings. The molecule has 0 spiro atoms. The van der Waals surface area contributed by atoms with Crippen molar-refractivity contribution in [3.05, 3.63) is 162 Å². The second-order valence-corrected chi connectivity index (χ2v) is 7.74. The van der Waals surface area contributed by atoms with Gasteiger partial charge in [-0.1, -0.05) is 24.3 Å². The van der Waals surface area contributed by atoms with Crippen molar-refractivity contribution in [1.82, 2.24) is 29.8 Å². The van der Waals surface area contributed by atoms with E-state index in [1.165, 1.54) is 24.3 Å². The van der Waals surface area contributed by atoms with Gasteiger partial charge in [-0.05, 0) is 66.7 Å². The van der Waals surface area contributed by atoms with E-state index in [1.807, 2.05) is 36.5 Å². The lowest BCUT2D eigenvalue weighted by Gasteiger charge is -2.00. The molecule has 10 nitrogen and oxygen atoms in total. The Morgan fingerprint density at radius 3 is 1.56 bits per heavy atom. The van der Waals surface area contributed by atoms with Crippen LogP contribution in [0.4, 0.5) is 15.8 Å². The average molecular weight is 547 g/mol. The van der Waals surface area contributed by atoms with Gasteiger partial charge in [0, 0.05) is 37.2 Å². The molecule has 202 valence electrons. The molecular weight excluding hydrogens is 523 g/mol. The number of nitrogens with one attached hydrogen (secondary N) is 1. The van der Waals surface area contributed by atoms with Crippen molar-refractivity contribution >= 4 is 17.3 Å². The lowest BCUT2D eigenvalue weighted by Crippen LogP contribution is -1.98. The van der Waals surface area contributed by atoms with Crippen molar-refractivity contribution in [1.29, 1.82) is 0 Å². The highest BCUT2D eigenvalue weighted by Crippen LogP contribution is 2.14. The van der Waals surface area contributed by atoms with Crippen LogP contribution in [0.1, 0.15) is 10.4 Å². The fourth-order valence-electron chi connectivity index (χ4n) is 3.01. The maximum absolute atomic E-state index is 12.1. The third-order valence-electron chi connectivity index (χ3n) is 4.99. The number of aromatic nitrogens is 6. The van der Waals surface area contributed by atoms with E-state index in [-0.39, 0.29) is 11.4 Å². The summed E-state index contributed by atoms with van der Waals surface area (Å²) in [6, 6.07) is 24.8. The molecule has 0 fully saturated rings. The van der Waals surface area contributed by atoms with Crippen LogP contribution in [-0.4, -0.2) is 40.8 Å². The van der Waals surface area contributed by atoms with Crippen LogP contribution < -0.4 is 0 Å². The molecule has 6 rings (SSSR count). The molecule has 0 saturated carbocycles. The van der Waals surface area contributed by atoms with Crippen molar-refractivity contribution in [3.8, 4) is 11.4 Å². The molecule has 3 aromatic carbocycles. The van der Waals surface area contributed by atoms with E-state index in [1.54, 1.807) is 76.7 Å². The number of H-pyrrole nitrogens is 1. The van der Waals surface area contributed by atoms with Gasteiger partial charge in [-0.25, -0.2) is 28.2 Å². The molecule has 11 heteroatoms. The van der Waals surface area contributed by atoms with Gasteiger partial charge >= 0.3 is 5.97 Å². The number of rotatable bonds is 3. The molecule has 0 bridgehead atoms. The summed E-state index contributed by atoms with van der Waals surface area (Å²) in [5.41, 5.74) is 3.21. The van der Waals surface area contributed by atoms with Gasteiger partial charge in [0.05, 0.1) is 30.1 Å². The maximum Gasteiger partial charge on any atom is 0.335 e. The van der Waals surface area contributed by atoms with Crippen molar-refractivity contribution < 1.29 is 14.3 Å². The number of carbonyl (C=O) groups is 1. The minimum Gasteiger partial charge on any atom is -0.478 e. The van der Waals surface area contributed by atoms with E-state index in [0.29, 0.717) is 11.4 Å². The molecule has 0 aliphatic heterocycles. The van der Waals surface area contributed by atoms with E-state index >= 15 is 0 Å². The predicted molar refractivity (Wildman–Crippen MR) is 152 cm³/mol. The Hall–Kier alpha value is -6.33. The second-order valence-electron chi connectivity index (χ2n) is 7.74. The SMILES string of the molecule is O=C(O)c1ccc(-n2cccn2)cc1.[C-]#[N+]c1ccc(-n2cccn2)cc1.[C-]#[N+]c1ccc(F)cc1.c1cn[nH]c1. The lowest BCUT2D eigenvalue weighted by atomic mass is 10.2. The van der Waals surface area contributed by atoms with Crippen molar-refractivity contribution in [2.45, 2.75) is 0 Å². The summed E-state index contributed by atoms with van der Waals surface area (Å²) in [7, 11) is 0. The van der Waals surface area contributed by atoms with Crippen molar-refractivity contribution in [3.63, 3.8) is 0 Å². The molecule has 0 amide bonds. The maximum atomic E-state index is 12.1. The summed E-state index contributed by atoms with van der Waals surface area (Å²) in [4.78, 5) is 17.0. The lowest BCUT2D eigenvalue weighted by molar-refractivity contribution is 0.0697.